The number of methoxy groups -OCH3 is 1. The van der Waals surface area contributed by atoms with Crippen molar-refractivity contribution in [1.82, 2.24) is 24.6 Å². The van der Waals surface area contributed by atoms with Crippen LogP contribution in [0.4, 0.5) is 28.8 Å². The lowest BCUT2D eigenvalue weighted by Crippen LogP contribution is -2.29. The molecular formula is C28H38ClN9O2S. The Morgan fingerprint density at radius 2 is 1.93 bits per heavy atom. The Kier molecular flexibility index (Phi) is 9.59. The highest BCUT2D eigenvalue weighted by Crippen LogP contribution is 2.39. The summed E-state index contributed by atoms with van der Waals surface area (Å²) in [4.78, 5) is 16.4. The molecule has 0 bridgehead atoms. The number of nitrogens with one attached hydrogen (secondary N) is 2. The van der Waals surface area contributed by atoms with Gasteiger partial charge in [0, 0.05) is 51.6 Å². The number of halogens is 1. The number of nitrogens with zero attached hydrogens (tertiary/aromatic N) is 7. The fraction of sp³-hybridized carbons (Fsp3) is 0.393. The highest BCUT2D eigenvalue weighted by Gasteiger charge is 2.21. The topological polar surface area (TPSA) is 107 Å². The van der Waals surface area contributed by atoms with Gasteiger partial charge in [0.25, 0.3) is 0 Å². The normalized spacial score (nSPS) is 12.2. The van der Waals surface area contributed by atoms with Crippen LogP contribution in [0.25, 0.3) is 16.0 Å². The van der Waals surface area contributed by atoms with Crippen molar-refractivity contribution >= 4 is 62.0 Å². The number of benzene rings is 1. The molecule has 3 heterocycles. The van der Waals surface area contributed by atoms with Gasteiger partial charge in [-0.1, -0.05) is 18.2 Å². The fourth-order valence-electron chi connectivity index (χ4n) is 4.13. The van der Waals surface area contributed by atoms with Crippen LogP contribution in [-0.2, 0) is 0 Å². The summed E-state index contributed by atoms with van der Waals surface area (Å²) in [5, 5.41) is 22.6. The molecule has 0 aliphatic rings. The largest absolute Gasteiger partial charge is 0.494 e. The van der Waals surface area contributed by atoms with E-state index in [0.29, 0.717) is 33.2 Å². The first-order valence-electron chi connectivity index (χ1n) is 13.2. The average Bonchev–Trinajstić information content (AvgIpc) is 3.48. The van der Waals surface area contributed by atoms with Crippen LogP contribution in [0.2, 0.25) is 4.34 Å². The molecule has 41 heavy (non-hydrogen) atoms. The van der Waals surface area contributed by atoms with E-state index in [0.717, 1.165) is 34.8 Å². The van der Waals surface area contributed by atoms with Crippen molar-refractivity contribution in [2.24, 2.45) is 0 Å². The molecule has 0 saturated heterocycles. The standard InChI is InChI=1S/C28H38ClN9O2S/c1-9-25(39)31-19-15-20(22(40-8)16-21(19)36(6)13-12-35(4)5)32-28-30-11-10-24(33-28)38-27-18(14-23(29)41-27)26(34-38)37(7)17(2)3/h9-11,14-17,25,31,39H,1,12-13H2,2-8H3,(H,30,32,33). The summed E-state index contributed by atoms with van der Waals surface area (Å²) in [5.41, 5.74) is 2.18. The molecule has 11 nitrogen and oxygen atoms in total. The lowest BCUT2D eigenvalue weighted by Gasteiger charge is -2.27. The second-order valence-electron chi connectivity index (χ2n) is 10.2. The fourth-order valence-corrected chi connectivity index (χ4v) is 5.30. The first-order chi connectivity index (χ1) is 19.5. The maximum atomic E-state index is 10.3. The van der Waals surface area contributed by atoms with Gasteiger partial charge < -0.3 is 35.2 Å². The third-order valence-corrected chi connectivity index (χ3v) is 7.90. The summed E-state index contributed by atoms with van der Waals surface area (Å²) in [6, 6.07) is 7.77. The zero-order valence-electron chi connectivity index (χ0n) is 24.5. The smallest absolute Gasteiger partial charge is 0.229 e. The zero-order valence-corrected chi connectivity index (χ0v) is 26.1. The molecule has 4 rings (SSSR count). The van der Waals surface area contributed by atoms with E-state index >= 15 is 0 Å². The molecule has 4 aromatic rings. The molecule has 0 saturated carbocycles. The van der Waals surface area contributed by atoms with Gasteiger partial charge in [-0.25, -0.2) is 9.67 Å². The van der Waals surface area contributed by atoms with Crippen molar-refractivity contribution in [3.63, 3.8) is 0 Å². The number of aliphatic hydroxyl groups is 1. The molecule has 0 radical (unpaired) electrons. The summed E-state index contributed by atoms with van der Waals surface area (Å²) in [6.07, 6.45) is 2.17. The molecule has 0 spiro atoms. The maximum Gasteiger partial charge on any atom is 0.229 e. The van der Waals surface area contributed by atoms with Gasteiger partial charge in [-0.3, -0.25) is 0 Å². The lowest BCUT2D eigenvalue weighted by atomic mass is 10.2. The second kappa shape index (κ2) is 12.9. The van der Waals surface area contributed by atoms with E-state index in [1.165, 1.54) is 17.4 Å². The predicted molar refractivity (Wildman–Crippen MR) is 171 cm³/mol. The van der Waals surface area contributed by atoms with Gasteiger partial charge in [-0.05, 0) is 46.2 Å². The summed E-state index contributed by atoms with van der Waals surface area (Å²) in [7, 11) is 9.68. The third-order valence-electron chi connectivity index (χ3n) is 6.66. The molecule has 1 aromatic carbocycles. The number of aromatic nitrogens is 4. The van der Waals surface area contributed by atoms with E-state index in [1.807, 2.05) is 46.4 Å². The van der Waals surface area contributed by atoms with Crippen LogP contribution < -0.4 is 25.2 Å². The monoisotopic (exact) mass is 599 g/mol. The van der Waals surface area contributed by atoms with Crippen molar-refractivity contribution in [2.75, 3.05) is 68.8 Å². The van der Waals surface area contributed by atoms with Gasteiger partial charge >= 0.3 is 0 Å². The van der Waals surface area contributed by atoms with Crippen molar-refractivity contribution in [3.05, 3.63) is 47.5 Å². The molecule has 3 N–H and O–H groups in total. The summed E-state index contributed by atoms with van der Waals surface area (Å²) in [6.45, 7) is 9.54. The first kappa shape index (κ1) is 30.4. The molecule has 0 fully saturated rings. The molecule has 1 unspecified atom stereocenters. The van der Waals surface area contributed by atoms with Crippen molar-refractivity contribution in [2.45, 2.75) is 26.1 Å². The Labute approximate surface area is 250 Å². The highest BCUT2D eigenvalue weighted by molar-refractivity contribution is 7.22. The SMILES string of the molecule is C=CC(O)Nc1cc(Nc2nccc(-n3nc(N(C)C(C)C)c4cc(Cl)sc43)n2)c(OC)cc1N(C)CCN(C)C. The van der Waals surface area contributed by atoms with E-state index in [4.69, 9.17) is 26.4 Å². The number of fused-ring (bicyclic) bond motifs is 1. The minimum atomic E-state index is -0.935. The predicted octanol–water partition coefficient (Wildman–Crippen LogP) is 5.04. The van der Waals surface area contributed by atoms with Gasteiger partial charge in [0.15, 0.2) is 11.6 Å². The number of hydrogen-bond acceptors (Lipinski definition) is 11. The van der Waals surface area contributed by atoms with E-state index < -0.39 is 6.23 Å². The summed E-state index contributed by atoms with van der Waals surface area (Å²) >= 11 is 7.86. The van der Waals surface area contributed by atoms with Crippen LogP contribution in [0, 0.1) is 0 Å². The Balaban J connectivity index is 1.72. The number of ether oxygens (including phenoxy) is 1. The molecule has 13 heteroatoms. The number of rotatable bonds is 13. The van der Waals surface area contributed by atoms with Gasteiger partial charge in [-0.15, -0.1) is 16.4 Å². The number of aliphatic hydroxyl groups excluding tert-OH is 1. The van der Waals surface area contributed by atoms with Crippen molar-refractivity contribution in [3.8, 4) is 11.6 Å². The van der Waals surface area contributed by atoms with Gasteiger partial charge in [0.2, 0.25) is 5.95 Å². The number of hydrogen-bond donors (Lipinski definition) is 3. The molecule has 220 valence electrons. The van der Waals surface area contributed by atoms with Crippen molar-refractivity contribution < 1.29 is 9.84 Å². The zero-order chi connectivity index (χ0) is 29.8. The summed E-state index contributed by atoms with van der Waals surface area (Å²) in [5.74, 6) is 2.37. The van der Waals surface area contributed by atoms with Crippen LogP contribution >= 0.6 is 22.9 Å². The highest BCUT2D eigenvalue weighted by atomic mass is 35.5. The summed E-state index contributed by atoms with van der Waals surface area (Å²) < 4.78 is 8.22. The van der Waals surface area contributed by atoms with Gasteiger partial charge in [0.05, 0.1) is 33.9 Å². The van der Waals surface area contributed by atoms with E-state index in [9.17, 15) is 5.11 Å². The Morgan fingerprint density at radius 1 is 1.17 bits per heavy atom. The van der Waals surface area contributed by atoms with Gasteiger partial charge in [-0.2, -0.15) is 4.98 Å². The molecular weight excluding hydrogens is 562 g/mol. The minimum Gasteiger partial charge on any atom is -0.494 e. The molecule has 0 amide bonds. The Hall–Kier alpha value is -3.58. The third kappa shape index (κ3) is 6.84. The quantitative estimate of drug-likeness (QED) is 0.143. The Bertz CT molecular complexity index is 1500. The molecule has 3 aromatic heterocycles. The van der Waals surface area contributed by atoms with Crippen LogP contribution in [0.15, 0.2) is 43.1 Å². The average molecular weight is 600 g/mol. The number of thiophene rings is 1. The van der Waals surface area contributed by atoms with Crippen LogP contribution in [0.3, 0.4) is 0 Å². The molecule has 0 aliphatic carbocycles. The lowest BCUT2D eigenvalue weighted by molar-refractivity contribution is 0.253. The van der Waals surface area contributed by atoms with Crippen LogP contribution in [0.1, 0.15) is 13.8 Å². The number of likely N-dealkylation sites (N-methyl/N-ethyl adjacent to an activating group) is 2. The molecule has 1 atom stereocenters. The van der Waals surface area contributed by atoms with E-state index in [-0.39, 0.29) is 6.04 Å². The molecule has 0 aliphatic heterocycles. The maximum absolute atomic E-state index is 10.3. The second-order valence-corrected chi connectivity index (χ2v) is 11.9. The first-order valence-corrected chi connectivity index (χ1v) is 14.4. The number of anilines is 5. The van der Waals surface area contributed by atoms with Crippen LogP contribution in [-0.4, -0.2) is 90.4 Å². The minimum absolute atomic E-state index is 0.252. The van der Waals surface area contributed by atoms with Gasteiger partial charge in [0.1, 0.15) is 16.8 Å². The Morgan fingerprint density at radius 3 is 2.59 bits per heavy atom. The van der Waals surface area contributed by atoms with E-state index in [2.05, 4.69) is 50.7 Å². The van der Waals surface area contributed by atoms with Crippen LogP contribution in [0.5, 0.6) is 5.75 Å². The van der Waals surface area contributed by atoms with Crippen molar-refractivity contribution in [1.29, 1.82) is 0 Å². The van der Waals surface area contributed by atoms with E-state index in [1.54, 1.807) is 24.1 Å².